The number of nitro benzene ring substituents is 1. The van der Waals surface area contributed by atoms with Crippen LogP contribution in [-0.4, -0.2) is 13.3 Å². The van der Waals surface area contributed by atoms with Crippen LogP contribution in [0.15, 0.2) is 24.3 Å². The van der Waals surface area contributed by atoms with E-state index in [2.05, 4.69) is 4.18 Å². The number of rotatable bonds is 3. The molecule has 0 saturated carbocycles. The van der Waals surface area contributed by atoms with E-state index in [1.807, 2.05) is 0 Å². The Morgan fingerprint density at radius 1 is 1.29 bits per heavy atom. The van der Waals surface area contributed by atoms with Gasteiger partial charge in [-0.3, -0.25) is 10.1 Å². The van der Waals surface area contributed by atoms with Gasteiger partial charge in [-0.25, -0.2) is 0 Å². The number of hydrogen-bond donors (Lipinski definition) is 0. The van der Waals surface area contributed by atoms with Crippen molar-refractivity contribution in [3.8, 4) is 5.75 Å². The number of non-ortho nitro benzene ring substituents is 1. The van der Waals surface area contributed by atoms with Crippen LogP contribution in [0, 0.1) is 10.1 Å². The molecule has 0 unspecified atom stereocenters. The van der Waals surface area contributed by atoms with Gasteiger partial charge in [0.2, 0.25) is 0 Å². The zero-order valence-corrected chi connectivity index (χ0v) is 7.40. The van der Waals surface area contributed by atoms with E-state index in [9.17, 15) is 22.4 Å². The van der Waals surface area contributed by atoms with Gasteiger partial charge in [-0.15, -0.1) is 0 Å². The Kier molecular flexibility index (Phi) is 2.65. The van der Waals surface area contributed by atoms with Crippen molar-refractivity contribution in [3.63, 3.8) is 0 Å². The van der Waals surface area contributed by atoms with Gasteiger partial charge in [0.15, 0.2) is 0 Å². The summed E-state index contributed by atoms with van der Waals surface area (Å²) >= 11 is 0. The standard InChI is InChI=1S/C6H4FNO5S/c7-14(11,12)13-6-3-1-5(2-4-6)8(9)10/h1-4H. The van der Waals surface area contributed by atoms with E-state index < -0.39 is 15.4 Å². The van der Waals surface area contributed by atoms with Crippen molar-refractivity contribution in [1.29, 1.82) is 0 Å². The first-order valence-corrected chi connectivity index (χ1v) is 4.58. The predicted molar refractivity (Wildman–Crippen MR) is 43.8 cm³/mol. The SMILES string of the molecule is O=[N+]([O-])c1ccc(OS(=O)(=O)F)cc1. The Labute approximate surface area is 78.5 Å². The molecule has 0 amide bonds. The van der Waals surface area contributed by atoms with E-state index in [1.54, 1.807) is 0 Å². The van der Waals surface area contributed by atoms with Crippen molar-refractivity contribution < 1.29 is 21.4 Å². The number of nitro groups is 1. The normalized spacial score (nSPS) is 10.9. The largest absolute Gasteiger partial charge is 0.488 e. The van der Waals surface area contributed by atoms with Gasteiger partial charge in [0.05, 0.1) is 4.92 Å². The number of halogens is 1. The maximum Gasteiger partial charge on any atom is 0.488 e. The van der Waals surface area contributed by atoms with Crippen molar-refractivity contribution in [3.05, 3.63) is 34.4 Å². The van der Waals surface area contributed by atoms with E-state index in [4.69, 9.17) is 0 Å². The number of benzene rings is 1. The highest BCUT2D eigenvalue weighted by Crippen LogP contribution is 2.18. The van der Waals surface area contributed by atoms with Gasteiger partial charge in [-0.1, -0.05) is 3.89 Å². The maximum atomic E-state index is 11.9. The molecule has 0 fully saturated rings. The Morgan fingerprint density at radius 3 is 2.14 bits per heavy atom. The third-order valence-electron chi connectivity index (χ3n) is 1.24. The lowest BCUT2D eigenvalue weighted by Crippen LogP contribution is -2.00. The van der Waals surface area contributed by atoms with Gasteiger partial charge in [0.25, 0.3) is 5.69 Å². The molecule has 8 heteroatoms. The Bertz CT molecular complexity index is 440. The molecular weight excluding hydrogens is 217 g/mol. The van der Waals surface area contributed by atoms with E-state index in [-0.39, 0.29) is 11.4 Å². The fourth-order valence-corrected chi connectivity index (χ4v) is 1.08. The summed E-state index contributed by atoms with van der Waals surface area (Å²) in [5.74, 6) is -0.321. The molecule has 1 aromatic carbocycles. The minimum absolute atomic E-state index is 0.242. The minimum atomic E-state index is -5.08. The molecule has 0 atom stereocenters. The van der Waals surface area contributed by atoms with Crippen molar-refractivity contribution in [2.24, 2.45) is 0 Å². The third kappa shape index (κ3) is 2.98. The molecule has 76 valence electrons. The molecular formula is C6H4FNO5S. The highest BCUT2D eigenvalue weighted by molar-refractivity contribution is 7.81. The van der Waals surface area contributed by atoms with Crippen molar-refractivity contribution >= 4 is 16.2 Å². The molecule has 0 saturated heterocycles. The molecule has 1 aromatic rings. The topological polar surface area (TPSA) is 86.5 Å². The molecule has 0 aliphatic heterocycles. The molecule has 14 heavy (non-hydrogen) atoms. The van der Waals surface area contributed by atoms with Crippen molar-refractivity contribution in [2.75, 3.05) is 0 Å². The molecule has 0 aromatic heterocycles. The van der Waals surface area contributed by atoms with Crippen LogP contribution in [0.5, 0.6) is 5.75 Å². The van der Waals surface area contributed by atoms with Gasteiger partial charge in [-0.05, 0) is 12.1 Å². The molecule has 0 aliphatic carbocycles. The Balaban J connectivity index is 2.90. The van der Waals surface area contributed by atoms with Gasteiger partial charge in [-0.2, -0.15) is 8.42 Å². The van der Waals surface area contributed by atoms with E-state index in [1.165, 1.54) is 0 Å². The molecule has 0 heterocycles. The van der Waals surface area contributed by atoms with Crippen LogP contribution in [0.25, 0.3) is 0 Å². The highest BCUT2D eigenvalue weighted by Gasteiger charge is 2.11. The number of hydrogen-bond acceptors (Lipinski definition) is 5. The lowest BCUT2D eigenvalue weighted by atomic mass is 10.3. The molecule has 1 rings (SSSR count). The van der Waals surface area contributed by atoms with E-state index in [0.717, 1.165) is 24.3 Å². The summed E-state index contributed by atoms with van der Waals surface area (Å²) in [6.45, 7) is 0. The van der Waals surface area contributed by atoms with Crippen LogP contribution in [-0.2, 0) is 10.5 Å². The summed E-state index contributed by atoms with van der Waals surface area (Å²) in [5.41, 5.74) is -0.242. The van der Waals surface area contributed by atoms with E-state index in [0.29, 0.717) is 0 Å². The van der Waals surface area contributed by atoms with Crippen LogP contribution in [0.3, 0.4) is 0 Å². The summed E-state index contributed by atoms with van der Waals surface area (Å²) in [5, 5.41) is 10.2. The Morgan fingerprint density at radius 2 is 1.79 bits per heavy atom. The van der Waals surface area contributed by atoms with Crippen LogP contribution in [0.1, 0.15) is 0 Å². The second-order valence-electron chi connectivity index (χ2n) is 2.23. The monoisotopic (exact) mass is 221 g/mol. The van der Waals surface area contributed by atoms with Gasteiger partial charge >= 0.3 is 10.5 Å². The quantitative estimate of drug-likeness (QED) is 0.434. The average Bonchev–Trinajstić information content (AvgIpc) is 2.02. The van der Waals surface area contributed by atoms with Gasteiger partial charge in [0.1, 0.15) is 5.75 Å². The first kappa shape index (κ1) is 10.4. The first-order chi connectivity index (χ1) is 6.38. The van der Waals surface area contributed by atoms with Crippen molar-refractivity contribution in [1.82, 2.24) is 0 Å². The number of nitrogens with zero attached hydrogens (tertiary/aromatic N) is 1. The third-order valence-corrected chi connectivity index (χ3v) is 1.63. The fraction of sp³-hybridized carbons (Fsp3) is 0. The van der Waals surface area contributed by atoms with Crippen molar-refractivity contribution in [2.45, 2.75) is 0 Å². The zero-order chi connectivity index (χ0) is 10.8. The van der Waals surface area contributed by atoms with Gasteiger partial charge < -0.3 is 4.18 Å². The van der Waals surface area contributed by atoms with Crippen LogP contribution in [0.4, 0.5) is 9.57 Å². The molecule has 0 N–H and O–H groups in total. The predicted octanol–water partition coefficient (Wildman–Crippen LogP) is 1.19. The van der Waals surface area contributed by atoms with E-state index >= 15 is 0 Å². The summed E-state index contributed by atoms with van der Waals surface area (Å²) in [7, 11) is -5.08. The maximum absolute atomic E-state index is 11.9. The average molecular weight is 221 g/mol. The molecule has 0 aliphatic rings. The molecule has 0 spiro atoms. The Hall–Kier alpha value is -1.70. The molecule has 6 nitrogen and oxygen atoms in total. The smallest absolute Gasteiger partial charge is 0.358 e. The summed E-state index contributed by atoms with van der Waals surface area (Å²) < 4.78 is 35.8. The molecule has 0 radical (unpaired) electrons. The summed E-state index contributed by atoms with van der Waals surface area (Å²) in [6, 6.07) is 3.96. The minimum Gasteiger partial charge on any atom is -0.358 e. The fourth-order valence-electron chi connectivity index (χ4n) is 0.738. The lowest BCUT2D eigenvalue weighted by Gasteiger charge is -1.97. The lowest BCUT2D eigenvalue weighted by molar-refractivity contribution is -0.384. The first-order valence-electron chi connectivity index (χ1n) is 3.27. The van der Waals surface area contributed by atoms with Crippen LogP contribution < -0.4 is 4.18 Å². The summed E-state index contributed by atoms with van der Waals surface area (Å²) in [6.07, 6.45) is 0. The second kappa shape index (κ2) is 3.58. The summed E-state index contributed by atoms with van der Waals surface area (Å²) in [4.78, 5) is 9.50. The highest BCUT2D eigenvalue weighted by atomic mass is 32.3. The second-order valence-corrected chi connectivity index (χ2v) is 3.18. The van der Waals surface area contributed by atoms with Crippen LogP contribution in [0.2, 0.25) is 0 Å². The van der Waals surface area contributed by atoms with Crippen LogP contribution >= 0.6 is 0 Å². The van der Waals surface area contributed by atoms with Gasteiger partial charge in [0, 0.05) is 12.1 Å². The molecule has 0 bridgehead atoms. The zero-order valence-electron chi connectivity index (χ0n) is 6.58.